The average molecular weight is 375 g/mol. The van der Waals surface area contributed by atoms with Crippen molar-refractivity contribution in [2.24, 2.45) is 0 Å². The fourth-order valence-corrected chi connectivity index (χ4v) is 3.19. The predicted molar refractivity (Wildman–Crippen MR) is 103 cm³/mol. The summed E-state index contributed by atoms with van der Waals surface area (Å²) >= 11 is 6.16. The molecule has 0 aliphatic carbocycles. The van der Waals surface area contributed by atoms with Crippen molar-refractivity contribution in [1.82, 2.24) is 4.90 Å². The molecular weight excluding hydrogens is 352 g/mol. The number of benzene rings is 2. The quantitative estimate of drug-likeness (QED) is 0.853. The second-order valence-electron chi connectivity index (χ2n) is 6.44. The third-order valence-corrected chi connectivity index (χ3v) is 4.46. The molecule has 1 aliphatic heterocycles. The van der Waals surface area contributed by atoms with Crippen LogP contribution in [0.25, 0.3) is 0 Å². The fourth-order valence-electron chi connectivity index (χ4n) is 3.01. The Morgan fingerprint density at radius 2 is 1.73 bits per heavy atom. The Balaban J connectivity index is 1.65. The fraction of sp³-hybridized carbons (Fsp3) is 0.350. The van der Waals surface area contributed by atoms with E-state index in [-0.39, 0.29) is 24.7 Å². The minimum absolute atomic E-state index is 0.0412. The topological polar surface area (TPSA) is 50.8 Å². The maximum absolute atomic E-state index is 12.5. The molecule has 2 unspecified atom stereocenters. The first-order valence-electron chi connectivity index (χ1n) is 8.71. The number of hydrogen-bond donors (Lipinski definition) is 1. The number of para-hydroxylation sites is 3. The van der Waals surface area contributed by atoms with Gasteiger partial charge in [-0.3, -0.25) is 4.79 Å². The second kappa shape index (κ2) is 8.43. The largest absolute Gasteiger partial charge is 0.454 e. The third kappa shape index (κ3) is 4.68. The second-order valence-corrected chi connectivity index (χ2v) is 6.85. The standard InChI is InChI=1S/C20H23ClN2O3/c1-14-12-23(13-15(2)25-14)20(24)11-22-17-8-4-6-10-19(17)26-18-9-5-3-7-16(18)21/h3-10,14-15,22H,11-13H2,1-2H3. The van der Waals surface area contributed by atoms with Gasteiger partial charge in [-0.15, -0.1) is 0 Å². The van der Waals surface area contributed by atoms with Crippen LogP contribution in [0.1, 0.15) is 13.8 Å². The molecule has 0 radical (unpaired) electrons. The van der Waals surface area contributed by atoms with E-state index in [9.17, 15) is 4.79 Å². The monoisotopic (exact) mass is 374 g/mol. The van der Waals surface area contributed by atoms with Gasteiger partial charge in [0.1, 0.15) is 5.75 Å². The lowest BCUT2D eigenvalue weighted by atomic mass is 10.2. The lowest BCUT2D eigenvalue weighted by Crippen LogP contribution is -2.49. The van der Waals surface area contributed by atoms with E-state index >= 15 is 0 Å². The van der Waals surface area contributed by atoms with Gasteiger partial charge in [-0.25, -0.2) is 0 Å². The van der Waals surface area contributed by atoms with Crippen LogP contribution in [0.3, 0.4) is 0 Å². The minimum Gasteiger partial charge on any atom is -0.454 e. The molecule has 1 N–H and O–H groups in total. The van der Waals surface area contributed by atoms with Gasteiger partial charge in [-0.1, -0.05) is 35.9 Å². The van der Waals surface area contributed by atoms with Crippen molar-refractivity contribution in [3.05, 3.63) is 53.6 Å². The van der Waals surface area contributed by atoms with E-state index in [1.54, 1.807) is 12.1 Å². The number of nitrogens with one attached hydrogen (secondary N) is 1. The van der Waals surface area contributed by atoms with E-state index in [2.05, 4.69) is 5.32 Å². The molecule has 6 heteroatoms. The van der Waals surface area contributed by atoms with Gasteiger partial charge in [0.25, 0.3) is 0 Å². The Labute approximate surface area is 158 Å². The van der Waals surface area contributed by atoms with Gasteiger partial charge in [0.05, 0.1) is 29.5 Å². The Bertz CT molecular complexity index is 758. The van der Waals surface area contributed by atoms with E-state index in [0.717, 1.165) is 5.69 Å². The number of anilines is 1. The summed E-state index contributed by atoms with van der Waals surface area (Å²) < 4.78 is 11.6. The number of carbonyl (C=O) groups is 1. The van der Waals surface area contributed by atoms with Crippen LogP contribution in [-0.2, 0) is 9.53 Å². The van der Waals surface area contributed by atoms with Gasteiger partial charge in [0.15, 0.2) is 5.75 Å². The summed E-state index contributed by atoms with van der Waals surface area (Å²) in [6.45, 7) is 5.39. The Hall–Kier alpha value is -2.24. The highest BCUT2D eigenvalue weighted by Gasteiger charge is 2.25. The number of hydrogen-bond acceptors (Lipinski definition) is 4. The summed E-state index contributed by atoms with van der Waals surface area (Å²) in [6.07, 6.45) is 0.108. The molecule has 1 heterocycles. The molecule has 3 rings (SSSR count). The number of carbonyl (C=O) groups excluding carboxylic acids is 1. The van der Waals surface area contributed by atoms with Crippen LogP contribution in [0.4, 0.5) is 5.69 Å². The van der Waals surface area contributed by atoms with Crippen molar-refractivity contribution in [3.8, 4) is 11.5 Å². The highest BCUT2D eigenvalue weighted by atomic mass is 35.5. The molecule has 0 aromatic heterocycles. The van der Waals surface area contributed by atoms with Gasteiger partial charge < -0.3 is 19.7 Å². The van der Waals surface area contributed by atoms with Crippen LogP contribution in [-0.4, -0.2) is 42.6 Å². The van der Waals surface area contributed by atoms with Crippen LogP contribution in [0.15, 0.2) is 48.5 Å². The molecule has 5 nitrogen and oxygen atoms in total. The average Bonchev–Trinajstić information content (AvgIpc) is 2.62. The summed E-state index contributed by atoms with van der Waals surface area (Å²) in [5.41, 5.74) is 0.745. The highest BCUT2D eigenvalue weighted by molar-refractivity contribution is 6.32. The Morgan fingerprint density at radius 1 is 1.12 bits per heavy atom. The van der Waals surface area contributed by atoms with E-state index in [1.807, 2.05) is 55.1 Å². The molecule has 1 aliphatic rings. The molecule has 0 spiro atoms. The first-order valence-corrected chi connectivity index (χ1v) is 9.09. The van der Waals surface area contributed by atoms with Crippen molar-refractivity contribution in [2.75, 3.05) is 25.0 Å². The SMILES string of the molecule is CC1CN(C(=O)CNc2ccccc2Oc2ccccc2Cl)CC(C)O1. The summed E-state index contributed by atoms with van der Waals surface area (Å²) in [5.74, 6) is 1.24. The lowest BCUT2D eigenvalue weighted by Gasteiger charge is -2.35. The van der Waals surface area contributed by atoms with Crippen molar-refractivity contribution in [3.63, 3.8) is 0 Å². The zero-order valence-electron chi connectivity index (χ0n) is 14.9. The van der Waals surface area contributed by atoms with Crippen LogP contribution >= 0.6 is 11.6 Å². The number of morpholine rings is 1. The molecule has 26 heavy (non-hydrogen) atoms. The smallest absolute Gasteiger partial charge is 0.242 e. The number of halogens is 1. The zero-order chi connectivity index (χ0) is 18.5. The summed E-state index contributed by atoms with van der Waals surface area (Å²) in [4.78, 5) is 14.4. The zero-order valence-corrected chi connectivity index (χ0v) is 15.7. The van der Waals surface area contributed by atoms with E-state index in [0.29, 0.717) is 29.6 Å². The molecule has 0 saturated carbocycles. The molecule has 1 amide bonds. The van der Waals surface area contributed by atoms with Crippen LogP contribution in [0, 0.1) is 0 Å². The lowest BCUT2D eigenvalue weighted by molar-refractivity contribution is -0.141. The third-order valence-electron chi connectivity index (χ3n) is 4.15. The Kier molecular flexibility index (Phi) is 6.01. The molecule has 2 aromatic carbocycles. The summed E-state index contributed by atoms with van der Waals surface area (Å²) in [6, 6.07) is 14.8. The number of nitrogens with zero attached hydrogens (tertiary/aromatic N) is 1. The molecule has 1 saturated heterocycles. The first-order chi connectivity index (χ1) is 12.5. The number of ether oxygens (including phenoxy) is 2. The van der Waals surface area contributed by atoms with Gasteiger partial charge in [0, 0.05) is 13.1 Å². The van der Waals surface area contributed by atoms with Gasteiger partial charge in [-0.2, -0.15) is 0 Å². The minimum atomic E-state index is 0.0412. The molecule has 1 fully saturated rings. The molecule has 2 atom stereocenters. The van der Waals surface area contributed by atoms with Gasteiger partial charge in [-0.05, 0) is 38.1 Å². The maximum atomic E-state index is 12.5. The number of amides is 1. The molecular formula is C20H23ClN2O3. The highest BCUT2D eigenvalue weighted by Crippen LogP contribution is 2.33. The summed E-state index contributed by atoms with van der Waals surface area (Å²) in [7, 11) is 0. The van der Waals surface area contributed by atoms with Crippen LogP contribution < -0.4 is 10.1 Å². The van der Waals surface area contributed by atoms with Crippen molar-refractivity contribution >= 4 is 23.2 Å². The number of rotatable bonds is 5. The van der Waals surface area contributed by atoms with Crippen LogP contribution in [0.5, 0.6) is 11.5 Å². The van der Waals surface area contributed by atoms with E-state index in [4.69, 9.17) is 21.1 Å². The van der Waals surface area contributed by atoms with Gasteiger partial charge in [0.2, 0.25) is 5.91 Å². The van der Waals surface area contributed by atoms with E-state index < -0.39 is 0 Å². The van der Waals surface area contributed by atoms with Crippen molar-refractivity contribution in [2.45, 2.75) is 26.1 Å². The maximum Gasteiger partial charge on any atom is 0.242 e. The van der Waals surface area contributed by atoms with Crippen LogP contribution in [0.2, 0.25) is 5.02 Å². The Morgan fingerprint density at radius 3 is 2.42 bits per heavy atom. The van der Waals surface area contributed by atoms with Crippen molar-refractivity contribution < 1.29 is 14.3 Å². The summed E-state index contributed by atoms with van der Waals surface area (Å²) in [5, 5.41) is 3.72. The predicted octanol–water partition coefficient (Wildman–Crippen LogP) is 4.18. The molecule has 0 bridgehead atoms. The van der Waals surface area contributed by atoms with Gasteiger partial charge >= 0.3 is 0 Å². The normalized spacial score (nSPS) is 19.9. The molecule has 138 valence electrons. The van der Waals surface area contributed by atoms with E-state index in [1.165, 1.54) is 0 Å². The molecule has 2 aromatic rings. The first kappa shape index (κ1) is 18.5. The van der Waals surface area contributed by atoms with Crippen molar-refractivity contribution in [1.29, 1.82) is 0 Å².